The van der Waals surface area contributed by atoms with Crippen LogP contribution in [0.4, 0.5) is 23.7 Å². The molecule has 2 saturated heterocycles. The third kappa shape index (κ3) is 6.78. The molecule has 6 rings (SSSR count). The standard InChI is InChI=1S/C30H33F3N6O4.CH2O2/c1-3-42-27-20(5-4-12-35-27)22-7-6-21-23(36-22)17-39(28(40)43-19-15-34-16-19)18-29(21)10-13-38(14-11-29)24-8-9-25(41-2)37-26(24)30(31,32)33;2-1-3/h4-9,12,19,34H,3,10-11,13-18H2,1-2H3;1H,(H,2,3). The number of rotatable bonds is 6. The number of hydrogen-bond acceptors (Lipinski definition) is 10. The lowest BCUT2D eigenvalue weighted by atomic mass is 9.69. The van der Waals surface area contributed by atoms with Crippen LogP contribution in [-0.2, 0) is 27.7 Å². The van der Waals surface area contributed by atoms with Gasteiger partial charge in [-0.05, 0) is 49.6 Å². The largest absolute Gasteiger partial charge is 0.483 e. The summed E-state index contributed by atoms with van der Waals surface area (Å²) >= 11 is 0. The first-order chi connectivity index (χ1) is 22.1. The van der Waals surface area contributed by atoms with Crippen LogP contribution in [0.1, 0.15) is 36.7 Å². The Morgan fingerprint density at radius 3 is 2.52 bits per heavy atom. The van der Waals surface area contributed by atoms with Gasteiger partial charge in [0, 0.05) is 50.4 Å². The first-order valence-electron chi connectivity index (χ1n) is 14.8. The van der Waals surface area contributed by atoms with Crippen LogP contribution in [0.15, 0.2) is 42.6 Å². The number of halogens is 3. The van der Waals surface area contributed by atoms with Crippen molar-refractivity contribution in [3.05, 3.63) is 59.5 Å². The molecule has 2 fully saturated rings. The van der Waals surface area contributed by atoms with Gasteiger partial charge in [-0.25, -0.2) is 14.8 Å². The zero-order valence-corrected chi connectivity index (χ0v) is 25.4. The van der Waals surface area contributed by atoms with Crippen molar-refractivity contribution in [2.75, 3.05) is 51.3 Å². The lowest BCUT2D eigenvalue weighted by molar-refractivity contribution is -0.140. The fourth-order valence-electron chi connectivity index (χ4n) is 6.09. The van der Waals surface area contributed by atoms with Gasteiger partial charge >= 0.3 is 12.3 Å². The van der Waals surface area contributed by atoms with E-state index < -0.39 is 23.4 Å². The zero-order chi connectivity index (χ0) is 32.9. The molecule has 2 N–H and O–H groups in total. The third-order valence-corrected chi connectivity index (χ3v) is 8.36. The second kappa shape index (κ2) is 13.8. The summed E-state index contributed by atoms with van der Waals surface area (Å²) in [6.45, 7) is 4.63. The van der Waals surface area contributed by atoms with Crippen LogP contribution in [-0.4, -0.2) is 90.1 Å². The van der Waals surface area contributed by atoms with Crippen LogP contribution in [0.25, 0.3) is 11.3 Å². The van der Waals surface area contributed by atoms with Gasteiger partial charge in [0.25, 0.3) is 6.47 Å². The first kappa shape index (κ1) is 32.7. The van der Waals surface area contributed by atoms with Crippen molar-refractivity contribution in [2.24, 2.45) is 0 Å². The van der Waals surface area contributed by atoms with E-state index in [1.54, 1.807) is 16.0 Å². The van der Waals surface area contributed by atoms with Crippen LogP contribution in [0.2, 0.25) is 0 Å². The summed E-state index contributed by atoms with van der Waals surface area (Å²) in [7, 11) is 1.29. The zero-order valence-electron chi connectivity index (χ0n) is 25.4. The minimum absolute atomic E-state index is 0.0152. The van der Waals surface area contributed by atoms with Crippen molar-refractivity contribution in [1.82, 2.24) is 25.2 Å². The quantitative estimate of drug-likeness (QED) is 0.375. The number of fused-ring (bicyclic) bond motifs is 2. The summed E-state index contributed by atoms with van der Waals surface area (Å²) in [6, 6.07) is 10.5. The molecule has 3 aliphatic heterocycles. The lowest BCUT2D eigenvalue weighted by Gasteiger charge is -2.48. The third-order valence-electron chi connectivity index (χ3n) is 8.36. The van der Waals surface area contributed by atoms with Gasteiger partial charge in [-0.3, -0.25) is 9.78 Å². The van der Waals surface area contributed by atoms with E-state index in [1.807, 2.05) is 31.2 Å². The van der Waals surface area contributed by atoms with Crippen LogP contribution in [0.5, 0.6) is 11.8 Å². The number of nitrogens with one attached hydrogen (secondary N) is 1. The van der Waals surface area contributed by atoms with E-state index in [9.17, 15) is 18.0 Å². The van der Waals surface area contributed by atoms with E-state index in [-0.39, 0.29) is 30.7 Å². The molecule has 1 amide bonds. The van der Waals surface area contributed by atoms with E-state index in [4.69, 9.17) is 29.1 Å². The molecule has 0 aliphatic carbocycles. The molecule has 12 nitrogen and oxygen atoms in total. The van der Waals surface area contributed by atoms with E-state index in [1.165, 1.54) is 19.2 Å². The molecule has 246 valence electrons. The average Bonchev–Trinajstić information content (AvgIpc) is 3.03. The highest BCUT2D eigenvalue weighted by atomic mass is 19.4. The predicted octanol–water partition coefficient (Wildman–Crippen LogP) is 4.13. The maximum absolute atomic E-state index is 14.0. The molecule has 0 saturated carbocycles. The lowest BCUT2D eigenvalue weighted by Crippen LogP contribution is -2.56. The summed E-state index contributed by atoms with van der Waals surface area (Å²) < 4.78 is 58.3. The molecular formula is C31H35F3N6O6. The Hall–Kier alpha value is -4.66. The average molecular weight is 645 g/mol. The summed E-state index contributed by atoms with van der Waals surface area (Å²) in [5.41, 5.74) is 1.66. The SMILES string of the molecule is CCOc1ncccc1-c1ccc2c(n1)CN(C(=O)OC1CNC1)CC21CCN(c2ccc(OC)nc2C(F)(F)F)CC1.O=CO. The number of methoxy groups -OCH3 is 1. The predicted molar refractivity (Wildman–Crippen MR) is 160 cm³/mol. The number of amides is 1. The Morgan fingerprint density at radius 2 is 1.89 bits per heavy atom. The van der Waals surface area contributed by atoms with Gasteiger partial charge in [-0.2, -0.15) is 13.2 Å². The Labute approximate surface area is 263 Å². The normalized spacial score (nSPS) is 17.2. The molecule has 3 aromatic rings. The van der Waals surface area contributed by atoms with Gasteiger partial charge in [0.2, 0.25) is 11.8 Å². The Bertz CT molecular complexity index is 1550. The minimum Gasteiger partial charge on any atom is -0.483 e. The Balaban J connectivity index is 0.00000134. The molecule has 0 atom stereocenters. The number of carbonyl (C=O) groups excluding carboxylic acids is 1. The molecule has 1 spiro atoms. The molecular weight excluding hydrogens is 609 g/mol. The van der Waals surface area contributed by atoms with Crippen molar-refractivity contribution >= 4 is 18.3 Å². The smallest absolute Gasteiger partial charge is 0.435 e. The molecule has 0 radical (unpaired) electrons. The monoisotopic (exact) mass is 644 g/mol. The van der Waals surface area contributed by atoms with Gasteiger partial charge in [0.15, 0.2) is 5.69 Å². The maximum Gasteiger partial charge on any atom is 0.435 e. The molecule has 46 heavy (non-hydrogen) atoms. The van der Waals surface area contributed by atoms with Crippen LogP contribution in [0.3, 0.4) is 0 Å². The van der Waals surface area contributed by atoms with Crippen molar-refractivity contribution < 1.29 is 42.1 Å². The van der Waals surface area contributed by atoms with E-state index in [0.717, 1.165) is 16.8 Å². The van der Waals surface area contributed by atoms with Crippen molar-refractivity contribution in [3.63, 3.8) is 0 Å². The first-order valence-corrected chi connectivity index (χ1v) is 14.8. The van der Waals surface area contributed by atoms with E-state index in [2.05, 4.69) is 15.3 Å². The summed E-state index contributed by atoms with van der Waals surface area (Å²) in [5, 5.41) is 9.99. The number of piperidine rings is 1. The molecule has 0 bridgehead atoms. The number of nitrogens with zero attached hydrogens (tertiary/aromatic N) is 5. The number of ether oxygens (including phenoxy) is 3. The minimum atomic E-state index is -4.64. The van der Waals surface area contributed by atoms with Gasteiger partial charge in [0.05, 0.1) is 42.9 Å². The highest BCUT2D eigenvalue weighted by Gasteiger charge is 2.46. The highest BCUT2D eigenvalue weighted by Crippen LogP contribution is 2.45. The molecule has 15 heteroatoms. The Morgan fingerprint density at radius 1 is 1.15 bits per heavy atom. The van der Waals surface area contributed by atoms with Gasteiger partial charge in [0.1, 0.15) is 6.10 Å². The Kier molecular flexibility index (Phi) is 9.79. The van der Waals surface area contributed by atoms with Crippen LogP contribution in [0, 0.1) is 0 Å². The maximum atomic E-state index is 14.0. The van der Waals surface area contributed by atoms with E-state index >= 15 is 0 Å². The summed E-state index contributed by atoms with van der Waals surface area (Å²) in [5.74, 6) is 0.378. The number of aromatic nitrogens is 3. The topological polar surface area (TPSA) is 139 Å². The molecule has 3 aromatic heterocycles. The molecule has 0 unspecified atom stereocenters. The number of carbonyl (C=O) groups is 2. The second-order valence-electron chi connectivity index (χ2n) is 11.1. The van der Waals surface area contributed by atoms with Crippen molar-refractivity contribution in [3.8, 4) is 23.0 Å². The van der Waals surface area contributed by atoms with Gasteiger partial charge in [-0.15, -0.1) is 0 Å². The fraction of sp³-hybridized carbons (Fsp3) is 0.452. The van der Waals surface area contributed by atoms with Crippen molar-refractivity contribution in [2.45, 2.75) is 44.0 Å². The number of carboxylic acid groups (broad SMARTS) is 1. The van der Waals surface area contributed by atoms with Crippen LogP contribution >= 0.6 is 0 Å². The number of hydrogen-bond donors (Lipinski definition) is 2. The van der Waals surface area contributed by atoms with Gasteiger partial charge in [-0.1, -0.05) is 6.07 Å². The molecule has 6 heterocycles. The summed E-state index contributed by atoms with van der Waals surface area (Å²) in [4.78, 5) is 38.1. The number of pyridine rings is 3. The van der Waals surface area contributed by atoms with Gasteiger partial charge < -0.3 is 34.4 Å². The molecule has 3 aliphatic rings. The second-order valence-corrected chi connectivity index (χ2v) is 11.1. The fourth-order valence-corrected chi connectivity index (χ4v) is 6.09. The number of alkyl halides is 3. The summed E-state index contributed by atoms with van der Waals surface area (Å²) in [6.07, 6.45) is -2.56. The van der Waals surface area contributed by atoms with Crippen LogP contribution < -0.4 is 19.7 Å². The number of anilines is 1. The van der Waals surface area contributed by atoms with E-state index in [0.29, 0.717) is 63.7 Å². The highest BCUT2D eigenvalue weighted by molar-refractivity contribution is 5.70. The van der Waals surface area contributed by atoms with Crippen molar-refractivity contribution in [1.29, 1.82) is 0 Å². The molecule has 0 aromatic carbocycles.